The second-order valence-corrected chi connectivity index (χ2v) is 7.70. The zero-order valence-electron chi connectivity index (χ0n) is 14.7. The zero-order valence-corrected chi connectivity index (χ0v) is 15.5. The van der Waals surface area contributed by atoms with Gasteiger partial charge in [0.1, 0.15) is 5.01 Å². The molecule has 2 aliphatic rings. The van der Waals surface area contributed by atoms with Crippen molar-refractivity contribution in [1.82, 2.24) is 20.0 Å². The molecule has 2 fully saturated rings. The summed E-state index contributed by atoms with van der Waals surface area (Å²) in [5.74, 6) is -0.0446. The van der Waals surface area contributed by atoms with E-state index in [4.69, 9.17) is 4.74 Å². The molecule has 8 nitrogen and oxygen atoms in total. The van der Waals surface area contributed by atoms with E-state index in [2.05, 4.69) is 32.2 Å². The summed E-state index contributed by atoms with van der Waals surface area (Å²) in [5.41, 5.74) is 0. The van der Waals surface area contributed by atoms with Crippen LogP contribution in [0.1, 0.15) is 24.8 Å². The van der Waals surface area contributed by atoms with E-state index in [1.54, 1.807) is 0 Å². The van der Waals surface area contributed by atoms with E-state index in [9.17, 15) is 9.90 Å². The van der Waals surface area contributed by atoms with Gasteiger partial charge in [-0.2, -0.15) is 0 Å². The zero-order chi connectivity index (χ0) is 17.6. The summed E-state index contributed by atoms with van der Waals surface area (Å²) in [5, 5.41) is 22.5. The molecule has 2 atom stereocenters. The molecule has 9 heteroatoms. The molecule has 0 saturated carbocycles. The molecule has 1 amide bonds. The number of aliphatic hydroxyl groups excluding tert-OH is 1. The molecule has 0 aliphatic carbocycles. The number of rotatable bonds is 6. The molecule has 2 saturated heterocycles. The SMILES string of the molecule is CCCc1nnc(NC(=O)CN2CCCN([C@H]3COC[C@@H]3O)CC2)s1. The van der Waals surface area contributed by atoms with E-state index in [-0.39, 0.29) is 11.9 Å². The van der Waals surface area contributed by atoms with Crippen LogP contribution >= 0.6 is 11.3 Å². The summed E-state index contributed by atoms with van der Waals surface area (Å²) < 4.78 is 5.36. The first-order chi connectivity index (χ1) is 12.2. The highest BCUT2D eigenvalue weighted by atomic mass is 32.1. The van der Waals surface area contributed by atoms with Crippen LogP contribution in [-0.4, -0.2) is 89.1 Å². The molecule has 1 aromatic rings. The summed E-state index contributed by atoms with van der Waals surface area (Å²) >= 11 is 1.45. The van der Waals surface area contributed by atoms with Crippen LogP contribution < -0.4 is 5.32 Å². The Labute approximate surface area is 152 Å². The van der Waals surface area contributed by atoms with Crippen LogP contribution in [0.4, 0.5) is 5.13 Å². The average Bonchev–Trinajstić information content (AvgIpc) is 3.13. The highest BCUT2D eigenvalue weighted by Crippen LogP contribution is 2.17. The minimum absolute atomic E-state index is 0.0446. The Morgan fingerprint density at radius 1 is 1.32 bits per heavy atom. The molecule has 0 aromatic carbocycles. The van der Waals surface area contributed by atoms with Crippen LogP contribution in [0.15, 0.2) is 0 Å². The van der Waals surface area contributed by atoms with Crippen molar-refractivity contribution in [3.05, 3.63) is 5.01 Å². The third-order valence-corrected chi connectivity index (χ3v) is 5.56. The van der Waals surface area contributed by atoms with Crippen molar-refractivity contribution in [2.45, 2.75) is 38.3 Å². The fraction of sp³-hybridized carbons (Fsp3) is 0.812. The van der Waals surface area contributed by atoms with Crippen molar-refractivity contribution in [3.63, 3.8) is 0 Å². The van der Waals surface area contributed by atoms with E-state index < -0.39 is 6.10 Å². The van der Waals surface area contributed by atoms with Gasteiger partial charge in [0.25, 0.3) is 0 Å². The molecule has 3 heterocycles. The topological polar surface area (TPSA) is 90.8 Å². The Balaban J connectivity index is 1.45. The van der Waals surface area contributed by atoms with Crippen LogP contribution in [0, 0.1) is 0 Å². The number of carbonyl (C=O) groups excluding carboxylic acids is 1. The molecular weight excluding hydrogens is 342 g/mol. The van der Waals surface area contributed by atoms with Gasteiger partial charge in [-0.25, -0.2) is 0 Å². The van der Waals surface area contributed by atoms with E-state index in [0.29, 0.717) is 24.9 Å². The Morgan fingerprint density at radius 3 is 2.96 bits per heavy atom. The van der Waals surface area contributed by atoms with Gasteiger partial charge in [0, 0.05) is 19.5 Å². The maximum Gasteiger partial charge on any atom is 0.240 e. The lowest BCUT2D eigenvalue weighted by atomic mass is 10.2. The molecule has 140 valence electrons. The van der Waals surface area contributed by atoms with Crippen molar-refractivity contribution in [2.75, 3.05) is 51.3 Å². The Hall–Kier alpha value is -1.13. The molecule has 2 aliphatic heterocycles. The monoisotopic (exact) mass is 369 g/mol. The summed E-state index contributed by atoms with van der Waals surface area (Å²) in [6, 6.07) is 0.0900. The molecule has 2 N–H and O–H groups in total. The number of aliphatic hydroxyl groups is 1. The normalized spacial score (nSPS) is 25.8. The summed E-state index contributed by atoms with van der Waals surface area (Å²) in [6.07, 6.45) is 2.50. The smallest absolute Gasteiger partial charge is 0.240 e. The number of anilines is 1. The van der Waals surface area contributed by atoms with Crippen molar-refractivity contribution in [1.29, 1.82) is 0 Å². The van der Waals surface area contributed by atoms with Gasteiger partial charge in [0.2, 0.25) is 11.0 Å². The van der Waals surface area contributed by atoms with Crippen LogP contribution in [0.25, 0.3) is 0 Å². The number of nitrogens with one attached hydrogen (secondary N) is 1. The fourth-order valence-electron chi connectivity index (χ4n) is 3.34. The average molecular weight is 369 g/mol. The summed E-state index contributed by atoms with van der Waals surface area (Å²) in [4.78, 5) is 16.7. The van der Waals surface area contributed by atoms with Gasteiger partial charge in [0.15, 0.2) is 0 Å². The third kappa shape index (κ3) is 5.18. The lowest BCUT2D eigenvalue weighted by Crippen LogP contribution is -2.45. The lowest BCUT2D eigenvalue weighted by molar-refractivity contribution is -0.117. The van der Waals surface area contributed by atoms with Crippen LogP contribution in [-0.2, 0) is 16.0 Å². The van der Waals surface area contributed by atoms with Crippen LogP contribution in [0.2, 0.25) is 0 Å². The van der Waals surface area contributed by atoms with Gasteiger partial charge in [-0.1, -0.05) is 18.3 Å². The molecule has 0 unspecified atom stereocenters. The van der Waals surface area contributed by atoms with Gasteiger partial charge in [-0.05, 0) is 25.9 Å². The molecular formula is C16H27N5O3S. The second-order valence-electron chi connectivity index (χ2n) is 6.64. The van der Waals surface area contributed by atoms with E-state index in [1.807, 2.05) is 0 Å². The fourth-order valence-corrected chi connectivity index (χ4v) is 4.20. The van der Waals surface area contributed by atoms with Gasteiger partial charge < -0.3 is 9.84 Å². The van der Waals surface area contributed by atoms with Gasteiger partial charge in [-0.15, -0.1) is 10.2 Å². The van der Waals surface area contributed by atoms with Crippen LogP contribution in [0.3, 0.4) is 0 Å². The largest absolute Gasteiger partial charge is 0.389 e. The molecule has 0 bridgehead atoms. The minimum Gasteiger partial charge on any atom is -0.389 e. The Morgan fingerprint density at radius 2 is 2.20 bits per heavy atom. The number of hydrogen-bond donors (Lipinski definition) is 2. The Bertz CT molecular complexity index is 570. The maximum absolute atomic E-state index is 12.3. The molecule has 3 rings (SSSR count). The predicted molar refractivity (Wildman–Crippen MR) is 95.8 cm³/mol. The van der Waals surface area contributed by atoms with Gasteiger partial charge >= 0.3 is 0 Å². The maximum atomic E-state index is 12.3. The van der Waals surface area contributed by atoms with Crippen molar-refractivity contribution < 1.29 is 14.6 Å². The number of amides is 1. The number of hydrogen-bond acceptors (Lipinski definition) is 8. The number of ether oxygens (including phenoxy) is 1. The molecule has 1 aromatic heterocycles. The number of aromatic nitrogens is 2. The van der Waals surface area contributed by atoms with Crippen molar-refractivity contribution >= 4 is 22.4 Å². The second kappa shape index (κ2) is 9.00. The number of aryl methyl sites for hydroxylation is 1. The highest BCUT2D eigenvalue weighted by molar-refractivity contribution is 7.15. The molecule has 0 radical (unpaired) electrons. The van der Waals surface area contributed by atoms with Gasteiger partial charge in [-0.3, -0.25) is 19.9 Å². The first kappa shape index (κ1) is 18.7. The van der Waals surface area contributed by atoms with Crippen molar-refractivity contribution in [3.8, 4) is 0 Å². The predicted octanol–water partition coefficient (Wildman–Crippen LogP) is 0.197. The van der Waals surface area contributed by atoms with E-state index >= 15 is 0 Å². The molecule has 0 spiro atoms. The standard InChI is InChI=1S/C16H27N5O3S/c1-2-4-15-18-19-16(25-15)17-14(23)9-20-5-3-6-21(8-7-20)12-10-24-11-13(12)22/h12-13,22H,2-11H2,1H3,(H,17,19,23)/t12-,13-/m0/s1. The van der Waals surface area contributed by atoms with E-state index in [1.165, 1.54) is 11.3 Å². The Kier molecular flexibility index (Phi) is 6.71. The lowest BCUT2D eigenvalue weighted by Gasteiger charge is -2.28. The number of nitrogens with zero attached hydrogens (tertiary/aromatic N) is 4. The van der Waals surface area contributed by atoms with Gasteiger partial charge in [0.05, 0.1) is 31.9 Å². The number of carbonyl (C=O) groups is 1. The third-order valence-electron chi connectivity index (χ3n) is 4.66. The molecule has 25 heavy (non-hydrogen) atoms. The quantitative estimate of drug-likeness (QED) is 0.740. The minimum atomic E-state index is -0.399. The summed E-state index contributed by atoms with van der Waals surface area (Å²) in [7, 11) is 0. The van der Waals surface area contributed by atoms with Crippen molar-refractivity contribution in [2.24, 2.45) is 0 Å². The summed E-state index contributed by atoms with van der Waals surface area (Å²) in [6.45, 7) is 6.95. The van der Waals surface area contributed by atoms with E-state index in [0.717, 1.165) is 50.4 Å². The first-order valence-corrected chi connectivity index (χ1v) is 9.82. The van der Waals surface area contributed by atoms with Crippen LogP contribution in [0.5, 0.6) is 0 Å². The first-order valence-electron chi connectivity index (χ1n) is 9.00. The highest BCUT2D eigenvalue weighted by Gasteiger charge is 2.32.